The Morgan fingerprint density at radius 3 is 2.62 bits per heavy atom. The fraction of sp³-hybridized carbons (Fsp3) is 0.318. The molecule has 0 aliphatic heterocycles. The van der Waals surface area contributed by atoms with Crippen molar-refractivity contribution in [2.24, 2.45) is 5.92 Å². The highest BCUT2D eigenvalue weighted by atomic mass is 79.9. The smallest absolute Gasteiger partial charge is 0.261 e. The largest absolute Gasteiger partial charge is 0.479 e. The molecule has 0 saturated carbocycles. The predicted octanol–water partition coefficient (Wildman–Crippen LogP) is 4.18. The summed E-state index contributed by atoms with van der Waals surface area (Å²) in [7, 11) is 0. The number of nitriles is 1. The summed E-state index contributed by atoms with van der Waals surface area (Å²) in [5.74, 6) is -0.255. The Hall–Kier alpha value is -2.85. The number of amides is 2. The Bertz CT molecular complexity index is 922. The van der Waals surface area contributed by atoms with Crippen molar-refractivity contribution >= 4 is 33.4 Å². The second kappa shape index (κ2) is 10.6. The molecule has 2 aromatic carbocycles. The monoisotopic (exact) mass is 457 g/mol. The van der Waals surface area contributed by atoms with E-state index in [1.165, 1.54) is 0 Å². The number of para-hydroxylation sites is 1. The summed E-state index contributed by atoms with van der Waals surface area (Å²) in [4.78, 5) is 24.8. The standard InChI is InChI=1S/C22H24BrN3O3/c1-14(2)21(29-19-7-5-4-6-16(19)13-24)22(28)25-11-10-20(27)26-18-12-17(23)9-8-15(18)3/h4-9,12,14,21H,10-11H2,1-3H3,(H,25,28)(H,26,27). The van der Waals surface area contributed by atoms with E-state index in [-0.39, 0.29) is 30.7 Å². The summed E-state index contributed by atoms with van der Waals surface area (Å²) in [5, 5.41) is 14.8. The van der Waals surface area contributed by atoms with Crippen molar-refractivity contribution in [2.45, 2.75) is 33.3 Å². The van der Waals surface area contributed by atoms with Gasteiger partial charge >= 0.3 is 0 Å². The van der Waals surface area contributed by atoms with Crippen LogP contribution in [0.1, 0.15) is 31.4 Å². The number of nitrogens with one attached hydrogen (secondary N) is 2. The number of benzene rings is 2. The Balaban J connectivity index is 1.91. The molecule has 2 aromatic rings. The van der Waals surface area contributed by atoms with Crippen LogP contribution in [0.25, 0.3) is 0 Å². The second-order valence-corrected chi connectivity index (χ2v) is 7.85. The molecule has 0 aromatic heterocycles. The molecule has 0 aliphatic rings. The number of aryl methyl sites for hydroxylation is 1. The first-order valence-electron chi connectivity index (χ1n) is 9.31. The molecule has 2 amide bonds. The second-order valence-electron chi connectivity index (χ2n) is 6.94. The number of rotatable bonds is 8. The fourth-order valence-electron chi connectivity index (χ4n) is 2.63. The Morgan fingerprint density at radius 2 is 1.93 bits per heavy atom. The first-order valence-corrected chi connectivity index (χ1v) is 10.1. The lowest BCUT2D eigenvalue weighted by molar-refractivity contribution is -0.129. The van der Waals surface area contributed by atoms with Gasteiger partial charge in [-0.3, -0.25) is 9.59 Å². The van der Waals surface area contributed by atoms with Crippen molar-refractivity contribution in [3.05, 3.63) is 58.1 Å². The molecule has 2 N–H and O–H groups in total. The van der Waals surface area contributed by atoms with Gasteiger partial charge < -0.3 is 15.4 Å². The maximum atomic E-state index is 12.6. The number of hydrogen-bond acceptors (Lipinski definition) is 4. The predicted molar refractivity (Wildman–Crippen MR) is 116 cm³/mol. The first-order chi connectivity index (χ1) is 13.8. The summed E-state index contributed by atoms with van der Waals surface area (Å²) in [6, 6.07) is 14.5. The zero-order valence-electron chi connectivity index (χ0n) is 16.7. The zero-order chi connectivity index (χ0) is 21.4. The van der Waals surface area contributed by atoms with Gasteiger partial charge in [-0.1, -0.05) is 48.0 Å². The zero-order valence-corrected chi connectivity index (χ0v) is 18.2. The number of hydrogen-bond donors (Lipinski definition) is 2. The summed E-state index contributed by atoms with van der Waals surface area (Å²) in [6.07, 6.45) is -0.628. The Kier molecular flexibility index (Phi) is 8.22. The van der Waals surface area contributed by atoms with Crippen molar-refractivity contribution in [1.82, 2.24) is 5.32 Å². The highest BCUT2D eigenvalue weighted by Crippen LogP contribution is 2.22. The van der Waals surface area contributed by atoms with Crippen LogP contribution in [0, 0.1) is 24.2 Å². The van der Waals surface area contributed by atoms with Crippen LogP contribution in [0.2, 0.25) is 0 Å². The minimum atomic E-state index is -0.764. The third-order valence-corrected chi connectivity index (χ3v) is 4.74. The average molecular weight is 458 g/mol. The number of carbonyl (C=O) groups excluding carboxylic acids is 2. The highest BCUT2D eigenvalue weighted by molar-refractivity contribution is 9.10. The van der Waals surface area contributed by atoms with Gasteiger partial charge in [0.05, 0.1) is 5.56 Å². The molecule has 0 spiro atoms. The van der Waals surface area contributed by atoms with E-state index in [9.17, 15) is 14.9 Å². The number of anilines is 1. The lowest BCUT2D eigenvalue weighted by Crippen LogP contribution is -2.42. The maximum absolute atomic E-state index is 12.6. The summed E-state index contributed by atoms with van der Waals surface area (Å²) in [6.45, 7) is 5.82. The van der Waals surface area contributed by atoms with Gasteiger partial charge in [0.2, 0.25) is 5.91 Å². The Labute approximate surface area is 179 Å². The van der Waals surface area contributed by atoms with Crippen LogP contribution in [0.4, 0.5) is 5.69 Å². The van der Waals surface area contributed by atoms with Crippen LogP contribution in [0.15, 0.2) is 46.9 Å². The minimum absolute atomic E-state index is 0.111. The average Bonchev–Trinajstić information content (AvgIpc) is 2.68. The van der Waals surface area contributed by atoms with Crippen molar-refractivity contribution in [3.8, 4) is 11.8 Å². The van der Waals surface area contributed by atoms with Crippen LogP contribution < -0.4 is 15.4 Å². The molecule has 7 heteroatoms. The quantitative estimate of drug-likeness (QED) is 0.621. The van der Waals surface area contributed by atoms with Gasteiger partial charge in [0.1, 0.15) is 11.8 Å². The number of carbonyl (C=O) groups is 2. The van der Waals surface area contributed by atoms with Crippen molar-refractivity contribution < 1.29 is 14.3 Å². The molecule has 152 valence electrons. The van der Waals surface area contributed by atoms with Gasteiger partial charge in [0, 0.05) is 23.1 Å². The Morgan fingerprint density at radius 1 is 1.21 bits per heavy atom. The van der Waals surface area contributed by atoms with Gasteiger partial charge in [-0.2, -0.15) is 5.26 Å². The lowest BCUT2D eigenvalue weighted by atomic mass is 10.1. The topological polar surface area (TPSA) is 91.2 Å². The number of ether oxygens (including phenoxy) is 1. The van der Waals surface area contributed by atoms with Crippen LogP contribution in [0.5, 0.6) is 5.75 Å². The van der Waals surface area contributed by atoms with Gasteiger partial charge in [-0.25, -0.2) is 0 Å². The summed E-state index contributed by atoms with van der Waals surface area (Å²) < 4.78 is 6.68. The van der Waals surface area contributed by atoms with E-state index in [0.29, 0.717) is 11.3 Å². The normalized spacial score (nSPS) is 11.4. The van der Waals surface area contributed by atoms with Crippen LogP contribution in [0.3, 0.4) is 0 Å². The van der Waals surface area contributed by atoms with Gasteiger partial charge in [0.25, 0.3) is 5.91 Å². The highest BCUT2D eigenvalue weighted by Gasteiger charge is 2.25. The SMILES string of the molecule is Cc1ccc(Br)cc1NC(=O)CCNC(=O)C(Oc1ccccc1C#N)C(C)C. The van der Waals surface area contributed by atoms with E-state index in [1.807, 2.05) is 39.0 Å². The molecule has 6 nitrogen and oxygen atoms in total. The molecule has 0 heterocycles. The molecule has 0 fully saturated rings. The molecule has 0 aliphatic carbocycles. The van der Waals surface area contributed by atoms with Gasteiger partial charge in [-0.15, -0.1) is 0 Å². The lowest BCUT2D eigenvalue weighted by Gasteiger charge is -2.22. The molecule has 29 heavy (non-hydrogen) atoms. The van der Waals surface area contributed by atoms with E-state index in [4.69, 9.17) is 4.74 Å². The van der Waals surface area contributed by atoms with E-state index in [1.54, 1.807) is 24.3 Å². The van der Waals surface area contributed by atoms with Crippen LogP contribution in [-0.2, 0) is 9.59 Å². The molecular formula is C22H24BrN3O3. The van der Waals surface area contributed by atoms with Crippen LogP contribution >= 0.6 is 15.9 Å². The van der Waals surface area contributed by atoms with E-state index in [2.05, 4.69) is 32.6 Å². The van der Waals surface area contributed by atoms with Crippen molar-refractivity contribution in [1.29, 1.82) is 5.26 Å². The van der Waals surface area contributed by atoms with Crippen LogP contribution in [-0.4, -0.2) is 24.5 Å². The molecule has 2 rings (SSSR count). The molecule has 1 atom stereocenters. The minimum Gasteiger partial charge on any atom is -0.479 e. The van der Waals surface area contributed by atoms with E-state index < -0.39 is 6.10 Å². The molecular weight excluding hydrogens is 434 g/mol. The third-order valence-electron chi connectivity index (χ3n) is 4.25. The van der Waals surface area contributed by atoms with E-state index in [0.717, 1.165) is 15.7 Å². The number of nitrogens with zero attached hydrogens (tertiary/aromatic N) is 1. The van der Waals surface area contributed by atoms with Crippen molar-refractivity contribution in [2.75, 3.05) is 11.9 Å². The van der Waals surface area contributed by atoms with E-state index >= 15 is 0 Å². The maximum Gasteiger partial charge on any atom is 0.261 e. The molecule has 0 bridgehead atoms. The van der Waals surface area contributed by atoms with Gasteiger partial charge in [-0.05, 0) is 42.7 Å². The molecule has 1 unspecified atom stereocenters. The number of halogens is 1. The van der Waals surface area contributed by atoms with Crippen molar-refractivity contribution in [3.63, 3.8) is 0 Å². The summed E-state index contributed by atoms with van der Waals surface area (Å²) in [5.41, 5.74) is 2.05. The fourth-order valence-corrected chi connectivity index (χ4v) is 2.99. The van der Waals surface area contributed by atoms with Gasteiger partial charge in [0.15, 0.2) is 6.10 Å². The third kappa shape index (κ3) is 6.61. The molecule has 0 radical (unpaired) electrons. The molecule has 0 saturated heterocycles. The first kappa shape index (κ1) is 22.4. The summed E-state index contributed by atoms with van der Waals surface area (Å²) >= 11 is 3.38.